The van der Waals surface area contributed by atoms with Crippen LogP contribution in [0.2, 0.25) is 0 Å². The highest BCUT2D eigenvalue weighted by Gasteiger charge is 2.27. The first-order valence-electron chi connectivity index (χ1n) is 7.74. The standard InChI is InChI=1S/C17H16N2O3S2/c20-24(21,19-9-1-2-10-19)14-7-5-13(6-8-14)15-12-23-17(18-15)16-4-3-11-22-16/h3-8,11-12H,1-2,9-10H2. The molecular weight excluding hydrogens is 344 g/mol. The summed E-state index contributed by atoms with van der Waals surface area (Å²) in [5, 5.41) is 2.76. The topological polar surface area (TPSA) is 63.4 Å². The summed E-state index contributed by atoms with van der Waals surface area (Å²) in [6, 6.07) is 10.6. The van der Waals surface area contributed by atoms with E-state index in [-0.39, 0.29) is 0 Å². The van der Waals surface area contributed by atoms with E-state index in [2.05, 4.69) is 4.98 Å². The summed E-state index contributed by atoms with van der Waals surface area (Å²) in [6.45, 7) is 1.23. The second-order valence-corrected chi connectivity index (χ2v) is 8.45. The minimum Gasteiger partial charge on any atom is -0.462 e. The average Bonchev–Trinajstić information content (AvgIpc) is 3.36. The van der Waals surface area contributed by atoms with Gasteiger partial charge in [0.05, 0.1) is 16.9 Å². The van der Waals surface area contributed by atoms with Crippen molar-refractivity contribution in [2.45, 2.75) is 17.7 Å². The van der Waals surface area contributed by atoms with Crippen LogP contribution in [0.5, 0.6) is 0 Å². The summed E-state index contributed by atoms with van der Waals surface area (Å²) in [7, 11) is -3.37. The molecule has 0 aliphatic carbocycles. The van der Waals surface area contributed by atoms with E-state index in [1.54, 1.807) is 22.7 Å². The van der Waals surface area contributed by atoms with Gasteiger partial charge in [-0.25, -0.2) is 13.4 Å². The van der Waals surface area contributed by atoms with Crippen LogP contribution in [0.1, 0.15) is 12.8 Å². The Labute approximate surface area is 144 Å². The Morgan fingerprint density at radius 2 is 1.83 bits per heavy atom. The van der Waals surface area contributed by atoms with E-state index >= 15 is 0 Å². The summed E-state index contributed by atoms with van der Waals surface area (Å²) in [4.78, 5) is 4.90. The number of sulfonamides is 1. The first-order valence-corrected chi connectivity index (χ1v) is 10.1. The normalized spacial score (nSPS) is 15.8. The van der Waals surface area contributed by atoms with E-state index in [1.165, 1.54) is 11.3 Å². The smallest absolute Gasteiger partial charge is 0.243 e. The quantitative estimate of drug-likeness (QED) is 0.709. The summed E-state index contributed by atoms with van der Waals surface area (Å²) in [6.07, 6.45) is 3.49. The number of rotatable bonds is 4. The predicted octanol–water partition coefficient (Wildman–Crippen LogP) is 3.85. The van der Waals surface area contributed by atoms with Gasteiger partial charge in [0.1, 0.15) is 0 Å². The number of nitrogens with zero attached hydrogens (tertiary/aromatic N) is 2. The largest absolute Gasteiger partial charge is 0.462 e. The van der Waals surface area contributed by atoms with Crippen LogP contribution < -0.4 is 0 Å². The number of thiazole rings is 1. The zero-order chi connectivity index (χ0) is 16.6. The maximum absolute atomic E-state index is 12.5. The van der Waals surface area contributed by atoms with Crippen LogP contribution in [0.4, 0.5) is 0 Å². The van der Waals surface area contributed by atoms with Crippen LogP contribution in [0.15, 0.2) is 57.4 Å². The molecule has 24 heavy (non-hydrogen) atoms. The van der Waals surface area contributed by atoms with Crippen molar-refractivity contribution in [3.8, 4) is 22.0 Å². The monoisotopic (exact) mass is 360 g/mol. The highest BCUT2D eigenvalue weighted by molar-refractivity contribution is 7.89. The molecule has 1 aromatic carbocycles. The number of furan rings is 1. The Morgan fingerprint density at radius 3 is 2.50 bits per heavy atom. The van der Waals surface area contributed by atoms with Crippen LogP contribution >= 0.6 is 11.3 Å². The lowest BCUT2D eigenvalue weighted by Crippen LogP contribution is -2.27. The number of hydrogen-bond donors (Lipinski definition) is 0. The van der Waals surface area contributed by atoms with E-state index in [1.807, 2.05) is 29.6 Å². The lowest BCUT2D eigenvalue weighted by atomic mass is 10.2. The molecule has 3 aromatic rings. The van der Waals surface area contributed by atoms with Crippen LogP contribution in [0, 0.1) is 0 Å². The number of hydrogen-bond acceptors (Lipinski definition) is 5. The van der Waals surface area contributed by atoms with Gasteiger partial charge in [0.2, 0.25) is 10.0 Å². The highest BCUT2D eigenvalue weighted by Crippen LogP contribution is 2.30. The molecule has 0 bridgehead atoms. The van der Waals surface area contributed by atoms with E-state index in [0.29, 0.717) is 18.0 Å². The van der Waals surface area contributed by atoms with Crippen molar-refractivity contribution in [3.05, 3.63) is 48.0 Å². The van der Waals surface area contributed by atoms with Gasteiger partial charge in [0.25, 0.3) is 0 Å². The molecular formula is C17H16N2O3S2. The van der Waals surface area contributed by atoms with Gasteiger partial charge in [-0.1, -0.05) is 12.1 Å². The number of aromatic nitrogens is 1. The zero-order valence-corrected chi connectivity index (χ0v) is 14.5. The molecule has 7 heteroatoms. The van der Waals surface area contributed by atoms with Crippen LogP contribution in [-0.4, -0.2) is 30.8 Å². The molecule has 0 atom stereocenters. The van der Waals surface area contributed by atoms with Gasteiger partial charge in [-0.3, -0.25) is 0 Å². The minimum absolute atomic E-state index is 0.342. The molecule has 1 aliphatic heterocycles. The maximum atomic E-state index is 12.5. The summed E-state index contributed by atoms with van der Waals surface area (Å²) >= 11 is 1.50. The molecule has 2 aromatic heterocycles. The lowest BCUT2D eigenvalue weighted by Gasteiger charge is -2.15. The lowest BCUT2D eigenvalue weighted by molar-refractivity contribution is 0.477. The first kappa shape index (κ1) is 15.6. The van der Waals surface area contributed by atoms with Crippen molar-refractivity contribution in [2.75, 3.05) is 13.1 Å². The number of benzene rings is 1. The van der Waals surface area contributed by atoms with E-state index in [0.717, 1.165) is 34.9 Å². The molecule has 0 saturated carbocycles. The van der Waals surface area contributed by atoms with E-state index in [9.17, 15) is 8.42 Å². The third kappa shape index (κ3) is 2.79. The van der Waals surface area contributed by atoms with Crippen molar-refractivity contribution in [1.29, 1.82) is 0 Å². The molecule has 1 aliphatic rings. The molecule has 124 valence electrons. The zero-order valence-electron chi connectivity index (χ0n) is 12.9. The molecule has 0 radical (unpaired) electrons. The minimum atomic E-state index is -3.37. The van der Waals surface area contributed by atoms with Crippen LogP contribution in [0.25, 0.3) is 22.0 Å². The Hall–Kier alpha value is -1.96. The fourth-order valence-electron chi connectivity index (χ4n) is 2.79. The van der Waals surface area contributed by atoms with Gasteiger partial charge in [-0.2, -0.15) is 4.31 Å². The summed E-state index contributed by atoms with van der Waals surface area (Å²) in [5.74, 6) is 0.736. The molecule has 1 fully saturated rings. The second kappa shape index (κ2) is 6.16. The summed E-state index contributed by atoms with van der Waals surface area (Å²) < 4.78 is 32.0. The van der Waals surface area contributed by atoms with Crippen molar-refractivity contribution in [2.24, 2.45) is 0 Å². The summed E-state index contributed by atoms with van der Waals surface area (Å²) in [5.41, 5.74) is 1.71. The van der Waals surface area contributed by atoms with Crippen molar-refractivity contribution >= 4 is 21.4 Å². The highest BCUT2D eigenvalue weighted by atomic mass is 32.2. The molecule has 0 N–H and O–H groups in total. The average molecular weight is 360 g/mol. The van der Waals surface area contributed by atoms with Crippen molar-refractivity contribution in [3.63, 3.8) is 0 Å². The van der Waals surface area contributed by atoms with E-state index < -0.39 is 10.0 Å². The molecule has 0 unspecified atom stereocenters. The Kier molecular flexibility index (Phi) is 3.99. The first-order chi connectivity index (χ1) is 11.6. The van der Waals surface area contributed by atoms with Crippen LogP contribution in [-0.2, 0) is 10.0 Å². The van der Waals surface area contributed by atoms with Gasteiger partial charge in [0, 0.05) is 24.0 Å². The van der Waals surface area contributed by atoms with Gasteiger partial charge in [-0.05, 0) is 37.1 Å². The van der Waals surface area contributed by atoms with E-state index in [4.69, 9.17) is 4.42 Å². The fourth-order valence-corrected chi connectivity index (χ4v) is 5.11. The Bertz CT molecular complexity index is 923. The van der Waals surface area contributed by atoms with Gasteiger partial charge >= 0.3 is 0 Å². The van der Waals surface area contributed by atoms with Gasteiger partial charge in [0.15, 0.2) is 10.8 Å². The SMILES string of the molecule is O=S(=O)(c1ccc(-c2csc(-c3ccco3)n2)cc1)N1CCCC1. The molecule has 5 nitrogen and oxygen atoms in total. The van der Waals surface area contributed by atoms with Crippen LogP contribution in [0.3, 0.4) is 0 Å². The van der Waals surface area contributed by atoms with Gasteiger partial charge < -0.3 is 4.42 Å². The maximum Gasteiger partial charge on any atom is 0.243 e. The molecule has 0 spiro atoms. The molecule has 0 amide bonds. The van der Waals surface area contributed by atoms with Crippen molar-refractivity contribution < 1.29 is 12.8 Å². The fraction of sp³-hybridized carbons (Fsp3) is 0.235. The molecule has 1 saturated heterocycles. The Balaban J connectivity index is 1.60. The molecule has 4 rings (SSSR count). The third-order valence-electron chi connectivity index (χ3n) is 4.09. The van der Waals surface area contributed by atoms with Gasteiger partial charge in [-0.15, -0.1) is 11.3 Å². The van der Waals surface area contributed by atoms with Crippen molar-refractivity contribution in [1.82, 2.24) is 9.29 Å². The predicted molar refractivity (Wildman–Crippen MR) is 93.2 cm³/mol. The third-order valence-corrected chi connectivity index (χ3v) is 6.86. The Morgan fingerprint density at radius 1 is 1.08 bits per heavy atom. The molecule has 3 heterocycles. The second-order valence-electron chi connectivity index (χ2n) is 5.65.